The van der Waals surface area contributed by atoms with E-state index in [1.54, 1.807) is 0 Å². The summed E-state index contributed by atoms with van der Waals surface area (Å²) in [6.07, 6.45) is 2.61. The van der Waals surface area contributed by atoms with Crippen molar-refractivity contribution in [3.8, 4) is 0 Å². The van der Waals surface area contributed by atoms with Gasteiger partial charge in [-0.15, -0.1) is 0 Å². The number of nitrogens with zero attached hydrogens (tertiary/aromatic N) is 1. The third kappa shape index (κ3) is 3.97. The Labute approximate surface area is 89.1 Å². The largest absolute Gasteiger partial charge is 0.313 e. The number of hydrogen-bond acceptors (Lipinski definition) is 2. The van der Waals surface area contributed by atoms with Crippen molar-refractivity contribution in [1.29, 1.82) is 0 Å². The summed E-state index contributed by atoms with van der Waals surface area (Å²) in [6.45, 7) is 12.9. The maximum atomic E-state index is 3.66. The van der Waals surface area contributed by atoms with Gasteiger partial charge in [0.15, 0.2) is 0 Å². The van der Waals surface area contributed by atoms with Crippen LogP contribution in [0.15, 0.2) is 0 Å². The van der Waals surface area contributed by atoms with E-state index < -0.39 is 0 Å². The Kier molecular flexibility index (Phi) is 4.90. The number of nitrogens with one attached hydrogen (secondary N) is 1. The van der Waals surface area contributed by atoms with E-state index in [1.807, 2.05) is 0 Å². The lowest BCUT2D eigenvalue weighted by molar-refractivity contribution is 0.209. The van der Waals surface area contributed by atoms with Gasteiger partial charge in [-0.2, -0.15) is 0 Å². The van der Waals surface area contributed by atoms with Crippen molar-refractivity contribution in [3.05, 3.63) is 0 Å². The van der Waals surface area contributed by atoms with E-state index in [0.717, 1.165) is 5.92 Å². The minimum absolute atomic E-state index is 0.699. The fourth-order valence-corrected chi connectivity index (χ4v) is 2.22. The van der Waals surface area contributed by atoms with Crippen LogP contribution in [-0.2, 0) is 0 Å². The molecule has 84 valence electrons. The summed E-state index contributed by atoms with van der Waals surface area (Å²) in [5.74, 6) is 0.805. The molecule has 1 fully saturated rings. The third-order valence-corrected chi connectivity index (χ3v) is 3.00. The monoisotopic (exact) mass is 198 g/mol. The molecule has 2 heteroatoms. The lowest BCUT2D eigenvalue weighted by Crippen LogP contribution is -2.41. The highest BCUT2D eigenvalue weighted by molar-refractivity contribution is 4.78. The van der Waals surface area contributed by atoms with Crippen LogP contribution in [0, 0.1) is 5.92 Å². The Morgan fingerprint density at radius 1 is 1.29 bits per heavy atom. The molecule has 0 radical (unpaired) electrons. The van der Waals surface area contributed by atoms with Crippen molar-refractivity contribution in [1.82, 2.24) is 10.2 Å². The lowest BCUT2D eigenvalue weighted by Gasteiger charge is -2.28. The van der Waals surface area contributed by atoms with E-state index in [1.165, 1.54) is 32.5 Å². The maximum absolute atomic E-state index is 3.66. The smallest absolute Gasteiger partial charge is 0.0197 e. The van der Waals surface area contributed by atoms with Crippen LogP contribution in [-0.4, -0.2) is 36.6 Å². The van der Waals surface area contributed by atoms with Gasteiger partial charge in [0.25, 0.3) is 0 Å². The van der Waals surface area contributed by atoms with Crippen LogP contribution in [0.1, 0.15) is 40.5 Å². The Morgan fingerprint density at radius 3 is 2.57 bits per heavy atom. The predicted octanol–water partition coefficient (Wildman–Crippen LogP) is 2.10. The SMILES string of the molecule is CC(C)CC1CN(C(C)C)CCCN1. The van der Waals surface area contributed by atoms with E-state index in [4.69, 9.17) is 0 Å². The molecule has 2 nitrogen and oxygen atoms in total. The summed E-state index contributed by atoms with van der Waals surface area (Å²) in [7, 11) is 0. The molecule has 1 aliphatic heterocycles. The standard InChI is InChI=1S/C12H26N2/c1-10(2)8-12-9-14(11(3)4)7-5-6-13-12/h10-13H,5-9H2,1-4H3. The molecular formula is C12H26N2. The summed E-state index contributed by atoms with van der Waals surface area (Å²) in [5.41, 5.74) is 0. The maximum Gasteiger partial charge on any atom is 0.0197 e. The molecular weight excluding hydrogens is 172 g/mol. The Balaban J connectivity index is 2.43. The molecule has 0 aromatic rings. The molecule has 0 aliphatic carbocycles. The molecule has 14 heavy (non-hydrogen) atoms. The number of rotatable bonds is 3. The van der Waals surface area contributed by atoms with Crippen molar-refractivity contribution < 1.29 is 0 Å². The summed E-state index contributed by atoms with van der Waals surface area (Å²) in [5, 5.41) is 3.66. The lowest BCUT2D eigenvalue weighted by atomic mass is 10.0. The van der Waals surface area contributed by atoms with Crippen molar-refractivity contribution in [3.63, 3.8) is 0 Å². The fraction of sp³-hybridized carbons (Fsp3) is 1.00. The van der Waals surface area contributed by atoms with Gasteiger partial charge in [-0.1, -0.05) is 13.8 Å². The average Bonchev–Trinajstić information content (AvgIpc) is 2.28. The van der Waals surface area contributed by atoms with Gasteiger partial charge in [-0.3, -0.25) is 4.90 Å². The number of hydrogen-bond donors (Lipinski definition) is 1. The van der Waals surface area contributed by atoms with Gasteiger partial charge >= 0.3 is 0 Å². The summed E-state index contributed by atoms with van der Waals surface area (Å²) < 4.78 is 0. The highest BCUT2D eigenvalue weighted by Gasteiger charge is 2.19. The van der Waals surface area contributed by atoms with Gasteiger partial charge in [0.2, 0.25) is 0 Å². The zero-order chi connectivity index (χ0) is 10.6. The molecule has 0 amide bonds. The molecule has 0 saturated carbocycles. The van der Waals surface area contributed by atoms with E-state index in [2.05, 4.69) is 37.9 Å². The minimum atomic E-state index is 0.699. The molecule has 1 heterocycles. The van der Waals surface area contributed by atoms with E-state index in [0.29, 0.717) is 12.1 Å². The highest BCUT2D eigenvalue weighted by Crippen LogP contribution is 2.11. The second-order valence-corrected chi connectivity index (χ2v) is 5.22. The van der Waals surface area contributed by atoms with Gasteiger partial charge < -0.3 is 5.32 Å². The van der Waals surface area contributed by atoms with Gasteiger partial charge in [0.1, 0.15) is 0 Å². The van der Waals surface area contributed by atoms with Gasteiger partial charge in [0, 0.05) is 18.6 Å². The molecule has 1 rings (SSSR count). The van der Waals surface area contributed by atoms with E-state index >= 15 is 0 Å². The van der Waals surface area contributed by atoms with Crippen LogP contribution in [0.4, 0.5) is 0 Å². The van der Waals surface area contributed by atoms with Gasteiger partial charge in [-0.05, 0) is 45.7 Å². The average molecular weight is 198 g/mol. The minimum Gasteiger partial charge on any atom is -0.313 e. The van der Waals surface area contributed by atoms with E-state index in [-0.39, 0.29) is 0 Å². The van der Waals surface area contributed by atoms with Crippen LogP contribution in [0.25, 0.3) is 0 Å². The van der Waals surface area contributed by atoms with Crippen LogP contribution < -0.4 is 5.32 Å². The molecule has 1 unspecified atom stereocenters. The Bertz CT molecular complexity index is 154. The third-order valence-electron chi connectivity index (χ3n) is 3.00. The quantitative estimate of drug-likeness (QED) is 0.747. The van der Waals surface area contributed by atoms with Crippen molar-refractivity contribution in [2.45, 2.75) is 52.6 Å². The van der Waals surface area contributed by atoms with Gasteiger partial charge in [0.05, 0.1) is 0 Å². The van der Waals surface area contributed by atoms with Crippen LogP contribution in [0.5, 0.6) is 0 Å². The first-order valence-corrected chi connectivity index (χ1v) is 6.07. The molecule has 0 bridgehead atoms. The first-order chi connectivity index (χ1) is 6.59. The topological polar surface area (TPSA) is 15.3 Å². The normalized spacial score (nSPS) is 25.7. The summed E-state index contributed by atoms with van der Waals surface area (Å²) in [4.78, 5) is 2.60. The molecule has 0 aromatic heterocycles. The zero-order valence-corrected chi connectivity index (χ0v) is 10.2. The van der Waals surface area contributed by atoms with Crippen LogP contribution in [0.3, 0.4) is 0 Å². The molecule has 1 atom stereocenters. The highest BCUT2D eigenvalue weighted by atomic mass is 15.2. The summed E-state index contributed by atoms with van der Waals surface area (Å²) >= 11 is 0. The molecule has 1 N–H and O–H groups in total. The van der Waals surface area contributed by atoms with Crippen molar-refractivity contribution >= 4 is 0 Å². The predicted molar refractivity (Wildman–Crippen MR) is 62.6 cm³/mol. The van der Waals surface area contributed by atoms with Crippen LogP contribution >= 0.6 is 0 Å². The Morgan fingerprint density at radius 2 is 2.00 bits per heavy atom. The summed E-state index contributed by atoms with van der Waals surface area (Å²) in [6, 6.07) is 1.41. The van der Waals surface area contributed by atoms with Crippen molar-refractivity contribution in [2.24, 2.45) is 5.92 Å². The second kappa shape index (κ2) is 5.72. The van der Waals surface area contributed by atoms with E-state index in [9.17, 15) is 0 Å². The first kappa shape index (κ1) is 12.0. The first-order valence-electron chi connectivity index (χ1n) is 6.07. The molecule has 1 aliphatic rings. The zero-order valence-electron chi connectivity index (χ0n) is 10.2. The Hall–Kier alpha value is -0.0800. The molecule has 0 spiro atoms. The fourth-order valence-electron chi connectivity index (χ4n) is 2.22. The molecule has 0 aromatic carbocycles. The second-order valence-electron chi connectivity index (χ2n) is 5.22. The molecule has 1 saturated heterocycles. The van der Waals surface area contributed by atoms with Crippen molar-refractivity contribution in [2.75, 3.05) is 19.6 Å². The van der Waals surface area contributed by atoms with Crippen LogP contribution in [0.2, 0.25) is 0 Å². The van der Waals surface area contributed by atoms with Gasteiger partial charge in [-0.25, -0.2) is 0 Å².